The summed E-state index contributed by atoms with van der Waals surface area (Å²) in [5.74, 6) is 0. The van der Waals surface area contributed by atoms with Crippen LogP contribution in [0.3, 0.4) is 0 Å². The number of aliphatic hydroxyl groups is 1. The van der Waals surface area contributed by atoms with Crippen molar-refractivity contribution in [2.45, 2.75) is 18.9 Å². The van der Waals surface area contributed by atoms with Gasteiger partial charge < -0.3 is 10.8 Å². The minimum absolute atomic E-state index is 0.483. The Balaban J connectivity index is 2.53. The lowest BCUT2D eigenvalue weighted by Crippen LogP contribution is -2.26. The number of halogens is 1. The predicted octanol–water partition coefficient (Wildman–Crippen LogP) is 3.57. The average Bonchev–Trinajstić information content (AvgIpc) is 2.42. The molecule has 2 aromatic rings. The summed E-state index contributed by atoms with van der Waals surface area (Å²) in [6.45, 7) is 1.94. The van der Waals surface area contributed by atoms with Gasteiger partial charge in [0.15, 0.2) is 0 Å². The van der Waals surface area contributed by atoms with Crippen molar-refractivity contribution in [1.82, 2.24) is 0 Å². The minimum Gasteiger partial charge on any atom is -0.398 e. The maximum Gasteiger partial charge on any atom is 0.114 e. The predicted molar refractivity (Wildman–Crippen MR) is 75.6 cm³/mol. The molecule has 0 saturated heterocycles. The average molecular weight is 262 g/mol. The first kappa shape index (κ1) is 12.9. The summed E-state index contributed by atoms with van der Waals surface area (Å²) in [6, 6.07) is 14.8. The summed E-state index contributed by atoms with van der Waals surface area (Å²) >= 11 is 5.91. The van der Waals surface area contributed by atoms with Crippen molar-refractivity contribution < 1.29 is 5.11 Å². The lowest BCUT2D eigenvalue weighted by atomic mass is 9.84. The van der Waals surface area contributed by atoms with Crippen molar-refractivity contribution in [2.75, 3.05) is 5.73 Å². The monoisotopic (exact) mass is 261 g/mol. The molecule has 0 bridgehead atoms. The number of hydrogen-bond donors (Lipinski definition) is 2. The van der Waals surface area contributed by atoms with E-state index in [9.17, 15) is 5.11 Å². The van der Waals surface area contributed by atoms with Crippen LogP contribution in [0.1, 0.15) is 24.5 Å². The molecule has 0 heterocycles. The molecule has 2 aromatic carbocycles. The van der Waals surface area contributed by atoms with Crippen LogP contribution >= 0.6 is 11.6 Å². The van der Waals surface area contributed by atoms with Gasteiger partial charge in [-0.2, -0.15) is 0 Å². The molecule has 0 amide bonds. The van der Waals surface area contributed by atoms with Gasteiger partial charge in [0.05, 0.1) is 10.7 Å². The normalized spacial score (nSPS) is 14.2. The standard InChI is InChI=1S/C15H16ClNO/c1-2-15(18,11-6-4-3-5-7-11)12-8-9-13(16)14(17)10-12/h3-10,18H,2,17H2,1H3. The Kier molecular flexibility index (Phi) is 3.60. The summed E-state index contributed by atoms with van der Waals surface area (Å²) in [6.07, 6.45) is 0.568. The molecule has 0 fully saturated rings. The maximum atomic E-state index is 10.9. The van der Waals surface area contributed by atoms with E-state index in [1.54, 1.807) is 12.1 Å². The molecule has 0 aliphatic rings. The van der Waals surface area contributed by atoms with Crippen LogP contribution < -0.4 is 5.73 Å². The number of anilines is 1. The van der Waals surface area contributed by atoms with E-state index in [1.807, 2.05) is 43.3 Å². The summed E-state index contributed by atoms with van der Waals surface area (Å²) in [7, 11) is 0. The molecule has 0 aliphatic heterocycles. The quantitative estimate of drug-likeness (QED) is 0.830. The fraction of sp³-hybridized carbons (Fsp3) is 0.200. The molecule has 0 radical (unpaired) electrons. The Labute approximate surface area is 112 Å². The van der Waals surface area contributed by atoms with Crippen molar-refractivity contribution in [3.05, 3.63) is 64.7 Å². The molecule has 3 N–H and O–H groups in total. The molecule has 0 saturated carbocycles. The molecule has 0 aliphatic carbocycles. The number of hydrogen-bond acceptors (Lipinski definition) is 2. The second-order valence-electron chi connectivity index (χ2n) is 4.32. The van der Waals surface area contributed by atoms with E-state index < -0.39 is 5.60 Å². The zero-order valence-electron chi connectivity index (χ0n) is 10.2. The van der Waals surface area contributed by atoms with Crippen LogP contribution in [-0.2, 0) is 5.60 Å². The van der Waals surface area contributed by atoms with E-state index in [0.29, 0.717) is 17.1 Å². The van der Waals surface area contributed by atoms with Crippen LogP contribution in [0.2, 0.25) is 5.02 Å². The minimum atomic E-state index is -1.03. The van der Waals surface area contributed by atoms with Gasteiger partial charge in [-0.05, 0) is 29.7 Å². The van der Waals surface area contributed by atoms with Crippen LogP contribution in [0.4, 0.5) is 5.69 Å². The van der Waals surface area contributed by atoms with E-state index in [0.717, 1.165) is 11.1 Å². The number of nitrogen functional groups attached to an aromatic ring is 1. The molecule has 94 valence electrons. The highest BCUT2D eigenvalue weighted by Crippen LogP contribution is 2.35. The Morgan fingerprint density at radius 2 is 1.78 bits per heavy atom. The third kappa shape index (κ3) is 2.22. The molecule has 2 nitrogen and oxygen atoms in total. The van der Waals surface area contributed by atoms with Gasteiger partial charge in [-0.1, -0.05) is 54.9 Å². The third-order valence-electron chi connectivity index (χ3n) is 3.24. The Bertz CT molecular complexity index is 541. The zero-order chi connectivity index (χ0) is 13.2. The van der Waals surface area contributed by atoms with Crippen LogP contribution in [0.5, 0.6) is 0 Å². The van der Waals surface area contributed by atoms with Gasteiger partial charge in [0.25, 0.3) is 0 Å². The Hall–Kier alpha value is -1.51. The van der Waals surface area contributed by atoms with Gasteiger partial charge in [0.1, 0.15) is 5.60 Å². The van der Waals surface area contributed by atoms with Crippen LogP contribution in [-0.4, -0.2) is 5.11 Å². The van der Waals surface area contributed by atoms with Crippen molar-refractivity contribution in [3.63, 3.8) is 0 Å². The highest BCUT2D eigenvalue weighted by atomic mass is 35.5. The molecule has 1 atom stereocenters. The van der Waals surface area contributed by atoms with Crippen LogP contribution in [0, 0.1) is 0 Å². The van der Waals surface area contributed by atoms with Gasteiger partial charge in [-0.15, -0.1) is 0 Å². The molecule has 3 heteroatoms. The molecule has 0 aromatic heterocycles. The summed E-state index contributed by atoms with van der Waals surface area (Å²) in [5.41, 5.74) is 6.88. The number of nitrogens with two attached hydrogens (primary N) is 1. The molecule has 0 spiro atoms. The van der Waals surface area contributed by atoms with Crippen LogP contribution in [0.15, 0.2) is 48.5 Å². The second kappa shape index (κ2) is 5.01. The molecule has 18 heavy (non-hydrogen) atoms. The Morgan fingerprint density at radius 3 is 2.33 bits per heavy atom. The SMILES string of the molecule is CCC(O)(c1ccccc1)c1ccc(Cl)c(N)c1. The van der Waals surface area contributed by atoms with Gasteiger partial charge in [0.2, 0.25) is 0 Å². The zero-order valence-corrected chi connectivity index (χ0v) is 11.0. The number of benzene rings is 2. The molecular formula is C15H16ClNO. The largest absolute Gasteiger partial charge is 0.398 e. The van der Waals surface area contributed by atoms with E-state index in [1.165, 1.54) is 0 Å². The lowest BCUT2D eigenvalue weighted by molar-refractivity contribution is 0.0766. The summed E-state index contributed by atoms with van der Waals surface area (Å²) < 4.78 is 0. The van der Waals surface area contributed by atoms with Gasteiger partial charge >= 0.3 is 0 Å². The maximum absolute atomic E-state index is 10.9. The van der Waals surface area contributed by atoms with E-state index >= 15 is 0 Å². The molecule has 1 unspecified atom stereocenters. The van der Waals surface area contributed by atoms with Crippen molar-refractivity contribution >= 4 is 17.3 Å². The molecule has 2 rings (SSSR count). The fourth-order valence-electron chi connectivity index (χ4n) is 2.09. The summed E-state index contributed by atoms with van der Waals surface area (Å²) in [5, 5.41) is 11.4. The lowest BCUT2D eigenvalue weighted by Gasteiger charge is -2.28. The van der Waals surface area contributed by atoms with E-state index in [4.69, 9.17) is 17.3 Å². The van der Waals surface area contributed by atoms with Crippen LogP contribution in [0.25, 0.3) is 0 Å². The highest BCUT2D eigenvalue weighted by molar-refractivity contribution is 6.33. The first-order valence-corrected chi connectivity index (χ1v) is 6.29. The number of rotatable bonds is 3. The third-order valence-corrected chi connectivity index (χ3v) is 3.58. The fourth-order valence-corrected chi connectivity index (χ4v) is 2.21. The second-order valence-corrected chi connectivity index (χ2v) is 4.72. The topological polar surface area (TPSA) is 46.2 Å². The van der Waals surface area contributed by atoms with Gasteiger partial charge in [-0.25, -0.2) is 0 Å². The van der Waals surface area contributed by atoms with E-state index in [2.05, 4.69) is 0 Å². The van der Waals surface area contributed by atoms with Gasteiger partial charge in [0, 0.05) is 0 Å². The van der Waals surface area contributed by atoms with E-state index in [-0.39, 0.29) is 0 Å². The smallest absolute Gasteiger partial charge is 0.114 e. The first-order valence-electron chi connectivity index (χ1n) is 5.91. The Morgan fingerprint density at radius 1 is 1.11 bits per heavy atom. The highest BCUT2D eigenvalue weighted by Gasteiger charge is 2.29. The van der Waals surface area contributed by atoms with Crippen molar-refractivity contribution in [3.8, 4) is 0 Å². The molecular weight excluding hydrogens is 246 g/mol. The van der Waals surface area contributed by atoms with Gasteiger partial charge in [-0.3, -0.25) is 0 Å². The summed E-state index contributed by atoms with van der Waals surface area (Å²) in [4.78, 5) is 0. The van der Waals surface area contributed by atoms with Crippen molar-refractivity contribution in [2.24, 2.45) is 0 Å². The van der Waals surface area contributed by atoms with Crippen molar-refractivity contribution in [1.29, 1.82) is 0 Å². The first-order chi connectivity index (χ1) is 8.58.